The number of nitrogens with zero attached hydrogens (tertiary/aromatic N) is 1. The van der Waals surface area contributed by atoms with Crippen LogP contribution in [-0.4, -0.2) is 13.0 Å². The zero-order chi connectivity index (χ0) is 17.3. The van der Waals surface area contributed by atoms with Crippen LogP contribution in [0, 0.1) is 0 Å². The van der Waals surface area contributed by atoms with Gasteiger partial charge in [-0.25, -0.2) is 4.79 Å². The Bertz CT molecular complexity index is 990. The molecule has 0 bridgehead atoms. The lowest BCUT2D eigenvalue weighted by molar-refractivity contribution is -0.114. The van der Waals surface area contributed by atoms with Crippen LogP contribution >= 0.6 is 0 Å². The molecule has 5 nitrogen and oxygen atoms in total. The first-order valence-corrected chi connectivity index (χ1v) is 7.33. The first-order valence-electron chi connectivity index (χ1n) is 7.33. The van der Waals surface area contributed by atoms with Crippen LogP contribution in [-0.2, 0) is 4.79 Å². The Labute approximate surface area is 138 Å². The largest absolute Gasteiger partial charge is 0.423 e. The van der Waals surface area contributed by atoms with Crippen molar-refractivity contribution in [1.82, 2.24) is 0 Å². The molecule has 0 spiro atoms. The van der Waals surface area contributed by atoms with Gasteiger partial charge in [0.15, 0.2) is 0 Å². The topological polar surface area (TPSA) is 76.5 Å². The Balaban J connectivity index is 2.17. The fraction of sp³-hybridized carbons (Fsp3) is 0.0526. The zero-order valence-electron chi connectivity index (χ0n) is 13.2. The van der Waals surface area contributed by atoms with Crippen LogP contribution in [0.25, 0.3) is 22.1 Å². The summed E-state index contributed by atoms with van der Waals surface area (Å²) in [5.74, 6) is -0.614. The first kappa shape index (κ1) is 15.6. The predicted octanol–water partition coefficient (Wildman–Crippen LogP) is 2.90. The number of hydrogen-bond acceptors (Lipinski definition) is 4. The van der Waals surface area contributed by atoms with Gasteiger partial charge in [0.05, 0.1) is 5.70 Å². The van der Waals surface area contributed by atoms with E-state index in [2.05, 4.69) is 6.58 Å². The summed E-state index contributed by atoms with van der Waals surface area (Å²) in [6, 6.07) is 16.4. The minimum Gasteiger partial charge on any atom is -0.423 e. The second-order valence-electron chi connectivity index (χ2n) is 5.40. The van der Waals surface area contributed by atoms with Crippen molar-refractivity contribution in [2.24, 2.45) is 5.73 Å². The summed E-state index contributed by atoms with van der Waals surface area (Å²) in [6.07, 6.45) is 0. The molecule has 3 aromatic rings. The molecule has 24 heavy (non-hydrogen) atoms. The number of carbonyl (C=O) groups is 1. The summed E-state index contributed by atoms with van der Waals surface area (Å²) < 4.78 is 5.33. The number of anilines is 1. The molecule has 1 aromatic heterocycles. The Morgan fingerprint density at radius 1 is 1.12 bits per heavy atom. The van der Waals surface area contributed by atoms with Crippen LogP contribution in [0.2, 0.25) is 0 Å². The van der Waals surface area contributed by atoms with Crippen molar-refractivity contribution in [3.63, 3.8) is 0 Å². The van der Waals surface area contributed by atoms with Crippen LogP contribution in [0.3, 0.4) is 0 Å². The number of hydrogen-bond donors (Lipinski definition) is 1. The highest BCUT2D eigenvalue weighted by Crippen LogP contribution is 2.30. The lowest BCUT2D eigenvalue weighted by atomic mass is 10.0. The van der Waals surface area contributed by atoms with E-state index in [4.69, 9.17) is 10.2 Å². The first-order chi connectivity index (χ1) is 11.5. The average molecular weight is 320 g/mol. The quantitative estimate of drug-likeness (QED) is 0.592. The smallest absolute Gasteiger partial charge is 0.336 e. The number of nitrogens with two attached hydrogens (primary N) is 1. The summed E-state index contributed by atoms with van der Waals surface area (Å²) in [5.41, 5.74) is 7.78. The Morgan fingerprint density at radius 3 is 2.50 bits per heavy atom. The molecule has 1 amide bonds. The maximum Gasteiger partial charge on any atom is 0.336 e. The van der Waals surface area contributed by atoms with Crippen molar-refractivity contribution in [2.75, 3.05) is 11.9 Å². The second kappa shape index (κ2) is 6.04. The molecule has 3 rings (SSSR count). The number of carbonyl (C=O) groups excluding carboxylic acids is 1. The van der Waals surface area contributed by atoms with Gasteiger partial charge in [-0.05, 0) is 23.3 Å². The van der Waals surface area contributed by atoms with Gasteiger partial charge in [0.2, 0.25) is 0 Å². The normalized spacial score (nSPS) is 10.5. The molecular formula is C19H16N2O3. The summed E-state index contributed by atoms with van der Waals surface area (Å²) >= 11 is 0. The highest BCUT2D eigenvalue weighted by atomic mass is 16.4. The van der Waals surface area contributed by atoms with E-state index in [1.54, 1.807) is 18.0 Å². The average Bonchev–Trinajstić information content (AvgIpc) is 2.59. The summed E-state index contributed by atoms with van der Waals surface area (Å²) in [5, 5.41) is 0.808. The van der Waals surface area contributed by atoms with E-state index in [1.165, 1.54) is 6.07 Å². The maximum atomic E-state index is 11.9. The Kier molecular flexibility index (Phi) is 3.92. The number of likely N-dealkylation sites (N-methyl/N-ethyl adjacent to an activating group) is 1. The SMILES string of the molecule is C=C(C(N)=O)N(C)c1ccc2c(-c3ccccc3)cc(=O)oc2c1. The van der Waals surface area contributed by atoms with Gasteiger partial charge in [-0.2, -0.15) is 0 Å². The van der Waals surface area contributed by atoms with E-state index in [0.717, 1.165) is 16.5 Å². The molecule has 0 fully saturated rings. The monoisotopic (exact) mass is 320 g/mol. The van der Waals surface area contributed by atoms with Crippen LogP contribution in [0.4, 0.5) is 5.69 Å². The molecule has 120 valence electrons. The molecule has 0 saturated carbocycles. The maximum absolute atomic E-state index is 11.9. The highest BCUT2D eigenvalue weighted by molar-refractivity contribution is 5.97. The van der Waals surface area contributed by atoms with E-state index in [0.29, 0.717) is 11.3 Å². The third-order valence-corrected chi connectivity index (χ3v) is 3.89. The fourth-order valence-corrected chi connectivity index (χ4v) is 2.54. The molecule has 2 aromatic carbocycles. The standard InChI is InChI=1S/C19H16N2O3/c1-12(19(20)23)21(2)14-8-9-15-16(13-6-4-3-5-7-13)11-18(22)24-17(15)10-14/h3-11H,1H2,2H3,(H2,20,23). The van der Waals surface area contributed by atoms with Crippen LogP contribution in [0.1, 0.15) is 0 Å². The van der Waals surface area contributed by atoms with Crippen LogP contribution < -0.4 is 16.3 Å². The lowest BCUT2D eigenvalue weighted by Gasteiger charge is -2.19. The van der Waals surface area contributed by atoms with Crippen molar-refractivity contribution in [3.05, 3.63) is 77.3 Å². The van der Waals surface area contributed by atoms with Gasteiger partial charge >= 0.3 is 5.63 Å². The van der Waals surface area contributed by atoms with E-state index < -0.39 is 11.5 Å². The van der Waals surface area contributed by atoms with Gasteiger partial charge in [0.1, 0.15) is 5.58 Å². The Hall–Kier alpha value is -3.34. The number of amides is 1. The van der Waals surface area contributed by atoms with Gasteiger partial charge in [-0.1, -0.05) is 36.9 Å². The second-order valence-corrected chi connectivity index (χ2v) is 5.40. The van der Waals surface area contributed by atoms with Gasteiger partial charge < -0.3 is 15.1 Å². The fourth-order valence-electron chi connectivity index (χ4n) is 2.54. The van der Waals surface area contributed by atoms with Crippen molar-refractivity contribution < 1.29 is 9.21 Å². The minimum atomic E-state index is -0.614. The van der Waals surface area contributed by atoms with Crippen LogP contribution in [0.15, 0.2) is 76.1 Å². The third-order valence-electron chi connectivity index (χ3n) is 3.89. The van der Waals surface area contributed by atoms with Crippen molar-refractivity contribution in [1.29, 1.82) is 0 Å². The molecule has 5 heteroatoms. The van der Waals surface area contributed by atoms with Crippen molar-refractivity contribution >= 4 is 22.6 Å². The molecule has 0 aliphatic heterocycles. The van der Waals surface area contributed by atoms with Gasteiger partial charge in [0, 0.05) is 30.3 Å². The molecule has 0 aliphatic carbocycles. The minimum absolute atomic E-state index is 0.149. The molecular weight excluding hydrogens is 304 g/mol. The van der Waals surface area contributed by atoms with E-state index in [9.17, 15) is 9.59 Å². The number of rotatable bonds is 4. The van der Waals surface area contributed by atoms with Crippen molar-refractivity contribution in [2.45, 2.75) is 0 Å². The number of fused-ring (bicyclic) bond motifs is 1. The summed E-state index contributed by atoms with van der Waals surface area (Å²) in [7, 11) is 1.67. The molecule has 2 N–H and O–H groups in total. The molecule has 0 unspecified atom stereocenters. The van der Waals surface area contributed by atoms with Gasteiger partial charge in [-0.15, -0.1) is 0 Å². The van der Waals surface area contributed by atoms with E-state index in [-0.39, 0.29) is 5.70 Å². The van der Waals surface area contributed by atoms with E-state index >= 15 is 0 Å². The summed E-state index contributed by atoms with van der Waals surface area (Å²) in [4.78, 5) is 24.8. The van der Waals surface area contributed by atoms with Crippen LogP contribution in [0.5, 0.6) is 0 Å². The van der Waals surface area contributed by atoms with Gasteiger partial charge in [-0.3, -0.25) is 4.79 Å². The Morgan fingerprint density at radius 2 is 1.83 bits per heavy atom. The van der Waals surface area contributed by atoms with Crippen molar-refractivity contribution in [3.8, 4) is 11.1 Å². The third kappa shape index (κ3) is 2.79. The summed E-state index contributed by atoms with van der Waals surface area (Å²) in [6.45, 7) is 3.65. The predicted molar refractivity (Wildman–Crippen MR) is 94.7 cm³/mol. The van der Waals surface area contributed by atoms with E-state index in [1.807, 2.05) is 42.5 Å². The molecule has 0 saturated heterocycles. The molecule has 0 atom stereocenters. The lowest BCUT2D eigenvalue weighted by Crippen LogP contribution is -2.27. The molecule has 1 heterocycles. The number of benzene rings is 2. The highest BCUT2D eigenvalue weighted by Gasteiger charge is 2.13. The molecule has 0 radical (unpaired) electrons. The molecule has 0 aliphatic rings. The number of primary amides is 1. The zero-order valence-corrected chi connectivity index (χ0v) is 13.2. The van der Waals surface area contributed by atoms with Gasteiger partial charge in [0.25, 0.3) is 5.91 Å².